The van der Waals surface area contributed by atoms with Crippen LogP contribution in [0.5, 0.6) is 11.5 Å². The van der Waals surface area contributed by atoms with E-state index < -0.39 is 17.6 Å². The van der Waals surface area contributed by atoms with Crippen LogP contribution in [0.1, 0.15) is 77.9 Å². The molecular weight excluding hydrogens is 615 g/mol. The third kappa shape index (κ3) is 5.54. The maximum Gasteiger partial charge on any atom is 0.358 e. The highest BCUT2D eigenvalue weighted by Crippen LogP contribution is 2.50. The molecule has 0 aliphatic carbocycles. The van der Waals surface area contributed by atoms with Gasteiger partial charge in [-0.1, -0.05) is 30.7 Å². The van der Waals surface area contributed by atoms with E-state index in [1.165, 1.54) is 6.07 Å². The number of para-hydroxylation sites is 1. The molecule has 3 aliphatic heterocycles. The number of carboxylic acid groups (broad SMARTS) is 1. The average Bonchev–Trinajstić information content (AvgIpc) is 3.67. The van der Waals surface area contributed by atoms with Crippen LogP contribution in [0.4, 0.5) is 4.39 Å². The van der Waals surface area contributed by atoms with Crippen molar-refractivity contribution in [2.24, 2.45) is 0 Å². The van der Waals surface area contributed by atoms with Gasteiger partial charge in [0.15, 0.2) is 17.2 Å². The number of benzene rings is 2. The van der Waals surface area contributed by atoms with Crippen LogP contribution in [0.2, 0.25) is 5.02 Å². The molecule has 2 fully saturated rings. The minimum absolute atomic E-state index is 0.0609. The van der Waals surface area contributed by atoms with E-state index in [2.05, 4.69) is 20.5 Å². The first-order valence-corrected chi connectivity index (χ1v) is 16.1. The highest BCUT2D eigenvalue weighted by molar-refractivity contribution is 6.30. The Morgan fingerprint density at radius 1 is 1.15 bits per heavy atom. The van der Waals surface area contributed by atoms with Crippen LogP contribution in [-0.4, -0.2) is 56.3 Å². The summed E-state index contributed by atoms with van der Waals surface area (Å²) in [7, 11) is 0. The normalized spacial score (nSPS) is 21.5. The zero-order chi connectivity index (χ0) is 32.2. The maximum absolute atomic E-state index is 14.9. The molecule has 2 saturated heterocycles. The molecule has 3 aliphatic rings. The molecule has 0 saturated carbocycles. The first kappa shape index (κ1) is 30.7. The van der Waals surface area contributed by atoms with Gasteiger partial charge in [-0.3, -0.25) is 4.90 Å². The summed E-state index contributed by atoms with van der Waals surface area (Å²) in [5, 5.41) is 9.97. The number of carbonyl (C=O) groups is 1. The molecule has 12 heteroatoms. The number of rotatable bonds is 9. The van der Waals surface area contributed by atoms with Gasteiger partial charge in [0.05, 0.1) is 30.5 Å². The molecule has 7 rings (SSSR count). The van der Waals surface area contributed by atoms with Crippen LogP contribution in [0.3, 0.4) is 0 Å². The zero-order valence-electron chi connectivity index (χ0n) is 26.0. The predicted octanol–water partition coefficient (Wildman–Crippen LogP) is 6.71. The molecule has 242 valence electrons. The Bertz CT molecular complexity index is 1790. The van der Waals surface area contributed by atoms with Gasteiger partial charge in [0, 0.05) is 30.5 Å². The first-order valence-electron chi connectivity index (χ1n) is 15.7. The van der Waals surface area contributed by atoms with E-state index in [1.54, 1.807) is 19.1 Å². The van der Waals surface area contributed by atoms with Crippen LogP contribution in [0, 0.1) is 12.7 Å². The van der Waals surface area contributed by atoms with Crippen molar-refractivity contribution in [1.82, 2.24) is 19.4 Å². The van der Waals surface area contributed by atoms with Crippen molar-refractivity contribution in [2.75, 3.05) is 19.7 Å². The number of hydrogen-bond acceptors (Lipinski definition) is 8. The SMILES string of the molecule is CCc1oc(-c2c(C)nc(CN3CCC(c4cccc5c4OC(C)(c4ccc(Cl)cc4F)O5)CC3)n2CC2CCO2)nc1C(=O)O. The topological polar surface area (TPSA) is 112 Å². The fourth-order valence-corrected chi connectivity index (χ4v) is 6.91. The van der Waals surface area contributed by atoms with Gasteiger partial charge in [0.2, 0.25) is 5.89 Å². The molecule has 2 aromatic heterocycles. The Morgan fingerprint density at radius 3 is 2.59 bits per heavy atom. The fourth-order valence-electron chi connectivity index (χ4n) is 6.75. The highest BCUT2D eigenvalue weighted by Gasteiger charge is 2.43. The molecular formula is C34H36ClFN4O6. The lowest BCUT2D eigenvalue weighted by molar-refractivity contribution is -0.0712. The summed E-state index contributed by atoms with van der Waals surface area (Å²) in [6, 6.07) is 10.4. The predicted molar refractivity (Wildman–Crippen MR) is 167 cm³/mol. The number of piperidine rings is 1. The molecule has 2 unspecified atom stereocenters. The molecule has 4 aromatic rings. The van der Waals surface area contributed by atoms with E-state index in [-0.39, 0.29) is 23.6 Å². The van der Waals surface area contributed by atoms with Gasteiger partial charge in [0.1, 0.15) is 23.1 Å². The fraction of sp³-hybridized carbons (Fsp3) is 0.441. The molecule has 10 nitrogen and oxygen atoms in total. The third-order valence-corrected chi connectivity index (χ3v) is 9.48. The largest absolute Gasteiger partial charge is 0.476 e. The molecule has 0 spiro atoms. The molecule has 0 amide bonds. The number of carboxylic acids is 1. The molecule has 0 bridgehead atoms. The number of oxazole rings is 1. The van der Waals surface area contributed by atoms with Gasteiger partial charge < -0.3 is 28.3 Å². The number of nitrogens with zero attached hydrogens (tertiary/aromatic N) is 4. The van der Waals surface area contributed by atoms with Crippen LogP contribution in [0.25, 0.3) is 11.6 Å². The van der Waals surface area contributed by atoms with Gasteiger partial charge in [0.25, 0.3) is 5.79 Å². The number of aromatic nitrogens is 3. The van der Waals surface area contributed by atoms with Gasteiger partial charge >= 0.3 is 5.97 Å². The molecule has 1 N–H and O–H groups in total. The summed E-state index contributed by atoms with van der Waals surface area (Å²) in [6.45, 7) is 9.08. The van der Waals surface area contributed by atoms with Crippen LogP contribution in [0.15, 0.2) is 40.8 Å². The second kappa shape index (κ2) is 12.0. The Labute approximate surface area is 271 Å². The minimum Gasteiger partial charge on any atom is -0.476 e. The number of likely N-dealkylation sites (tertiary alicyclic amines) is 1. The van der Waals surface area contributed by atoms with Gasteiger partial charge in [-0.2, -0.15) is 0 Å². The Kier molecular flexibility index (Phi) is 8.02. The van der Waals surface area contributed by atoms with E-state index in [4.69, 9.17) is 35.2 Å². The molecule has 46 heavy (non-hydrogen) atoms. The average molecular weight is 651 g/mol. The second-order valence-electron chi connectivity index (χ2n) is 12.3. The zero-order valence-corrected chi connectivity index (χ0v) is 26.8. The summed E-state index contributed by atoms with van der Waals surface area (Å²) < 4.78 is 41.2. The van der Waals surface area contributed by atoms with Crippen molar-refractivity contribution >= 4 is 17.6 Å². The van der Waals surface area contributed by atoms with Crippen molar-refractivity contribution in [1.29, 1.82) is 0 Å². The molecule has 5 heterocycles. The number of aromatic carboxylic acids is 1. The van der Waals surface area contributed by atoms with E-state index >= 15 is 0 Å². The lowest BCUT2D eigenvalue weighted by Gasteiger charge is -2.33. The van der Waals surface area contributed by atoms with E-state index in [1.807, 2.05) is 26.0 Å². The summed E-state index contributed by atoms with van der Waals surface area (Å²) >= 11 is 5.98. The quantitative estimate of drug-likeness (QED) is 0.211. The molecule has 2 aromatic carbocycles. The lowest BCUT2D eigenvalue weighted by Crippen LogP contribution is -2.35. The summed E-state index contributed by atoms with van der Waals surface area (Å²) in [4.78, 5) is 23.5. The van der Waals surface area contributed by atoms with Gasteiger partial charge in [-0.05, 0) is 69.5 Å². The summed E-state index contributed by atoms with van der Waals surface area (Å²) in [5.41, 5.74) is 2.72. The van der Waals surface area contributed by atoms with Crippen LogP contribution in [-0.2, 0) is 30.0 Å². The number of ether oxygens (including phenoxy) is 3. The first-order chi connectivity index (χ1) is 22.1. The second-order valence-corrected chi connectivity index (χ2v) is 12.7. The summed E-state index contributed by atoms with van der Waals surface area (Å²) in [6.07, 6.45) is 3.22. The van der Waals surface area contributed by atoms with Crippen molar-refractivity contribution in [3.63, 3.8) is 0 Å². The van der Waals surface area contributed by atoms with Crippen LogP contribution >= 0.6 is 11.6 Å². The van der Waals surface area contributed by atoms with Crippen LogP contribution < -0.4 is 9.47 Å². The van der Waals surface area contributed by atoms with Crippen molar-refractivity contribution in [3.8, 4) is 23.1 Å². The van der Waals surface area contributed by atoms with Crippen molar-refractivity contribution < 1.29 is 32.9 Å². The Hall–Kier alpha value is -3.93. The number of imidazole rings is 1. The number of fused-ring (bicyclic) bond motifs is 1. The monoisotopic (exact) mass is 650 g/mol. The highest BCUT2D eigenvalue weighted by atomic mass is 35.5. The smallest absolute Gasteiger partial charge is 0.358 e. The maximum atomic E-state index is 14.9. The number of halogens is 2. The van der Waals surface area contributed by atoms with E-state index in [0.717, 1.165) is 56.0 Å². The molecule has 2 atom stereocenters. The van der Waals surface area contributed by atoms with E-state index in [0.29, 0.717) is 53.0 Å². The van der Waals surface area contributed by atoms with E-state index in [9.17, 15) is 14.3 Å². The van der Waals surface area contributed by atoms with Gasteiger partial charge in [-0.15, -0.1) is 0 Å². The van der Waals surface area contributed by atoms with Crippen molar-refractivity contribution in [2.45, 2.75) is 77.4 Å². The summed E-state index contributed by atoms with van der Waals surface area (Å²) in [5.74, 6) is 0.104. The Balaban J connectivity index is 1.09. The number of aryl methyl sites for hydroxylation is 2. The third-order valence-electron chi connectivity index (χ3n) is 9.25. The molecule has 0 radical (unpaired) electrons. The lowest BCUT2D eigenvalue weighted by atomic mass is 9.88. The Morgan fingerprint density at radius 2 is 1.93 bits per heavy atom. The van der Waals surface area contributed by atoms with Gasteiger partial charge in [-0.25, -0.2) is 19.2 Å². The standard InChI is InChI=1S/C34H36ClFN4O6/c1-4-26-29(33(41)42)38-32(44-26)30-19(2)37-28(40(30)17-22-12-15-43-22)18-39-13-10-20(11-14-39)23-6-5-7-27-31(23)46-34(3,45-27)24-9-8-21(35)16-25(24)36/h5-9,16,20,22H,4,10-15,17-18H2,1-3H3,(H,41,42). The van der Waals surface area contributed by atoms with Crippen molar-refractivity contribution in [3.05, 3.63) is 81.3 Å². The minimum atomic E-state index is -1.30. The number of hydrogen-bond donors (Lipinski definition) is 1.